The summed E-state index contributed by atoms with van der Waals surface area (Å²) in [7, 11) is 0. The molecule has 22 heavy (non-hydrogen) atoms. The second-order valence-electron chi connectivity index (χ2n) is 5.05. The van der Waals surface area contributed by atoms with E-state index in [9.17, 15) is 4.79 Å². The topological polar surface area (TPSA) is 46.9 Å². The largest absolute Gasteiger partial charge is 0.344 e. The summed E-state index contributed by atoms with van der Waals surface area (Å²) in [4.78, 5) is 16.3. The van der Waals surface area contributed by atoms with Crippen molar-refractivity contribution in [3.63, 3.8) is 0 Å². The summed E-state index contributed by atoms with van der Waals surface area (Å²) in [5, 5.41) is 3.22. The van der Waals surface area contributed by atoms with Gasteiger partial charge in [-0.05, 0) is 38.0 Å². The number of nitrogens with zero attached hydrogens (tertiary/aromatic N) is 2. The molecule has 5 heteroatoms. The van der Waals surface area contributed by atoms with E-state index < -0.39 is 0 Å². The van der Waals surface area contributed by atoms with Crippen LogP contribution < -0.4 is 5.32 Å². The monoisotopic (exact) mass is 313 g/mol. The maximum absolute atomic E-state index is 11.9. The van der Waals surface area contributed by atoms with Gasteiger partial charge in [0.15, 0.2) is 5.16 Å². The zero-order valence-corrected chi connectivity index (χ0v) is 13.8. The standard InChI is InChI=1S/C17H19N3OS/c1-5-8-18-16(21)14(4)22-17-19-9-10-20(17)15-11-12(2)6-7-13(15)3/h1,6-7,9-11,14H,8H2,2-4H3,(H,18,21). The maximum Gasteiger partial charge on any atom is 0.234 e. The molecule has 4 nitrogen and oxygen atoms in total. The molecule has 0 radical (unpaired) electrons. The average molecular weight is 313 g/mol. The van der Waals surface area contributed by atoms with Crippen molar-refractivity contribution in [3.8, 4) is 18.0 Å². The van der Waals surface area contributed by atoms with Crippen molar-refractivity contribution in [2.45, 2.75) is 31.2 Å². The smallest absolute Gasteiger partial charge is 0.234 e. The molecule has 0 aliphatic rings. The van der Waals surface area contributed by atoms with Gasteiger partial charge in [0.25, 0.3) is 0 Å². The van der Waals surface area contributed by atoms with Gasteiger partial charge in [0.1, 0.15) is 0 Å². The second kappa shape index (κ2) is 7.19. The number of aromatic nitrogens is 2. The molecule has 0 saturated heterocycles. The van der Waals surface area contributed by atoms with Crippen LogP contribution in [0.25, 0.3) is 5.69 Å². The minimum Gasteiger partial charge on any atom is -0.344 e. The normalized spacial score (nSPS) is 11.7. The molecule has 0 aliphatic carbocycles. The fourth-order valence-electron chi connectivity index (χ4n) is 2.03. The van der Waals surface area contributed by atoms with Crippen molar-refractivity contribution in [1.82, 2.24) is 14.9 Å². The zero-order chi connectivity index (χ0) is 16.1. The number of hydrogen-bond donors (Lipinski definition) is 1. The number of hydrogen-bond acceptors (Lipinski definition) is 3. The van der Waals surface area contributed by atoms with E-state index in [2.05, 4.69) is 48.3 Å². The summed E-state index contributed by atoms with van der Waals surface area (Å²) in [5.41, 5.74) is 3.43. The maximum atomic E-state index is 11.9. The molecule has 2 aromatic rings. The molecule has 0 bridgehead atoms. The number of terminal acetylenes is 1. The van der Waals surface area contributed by atoms with E-state index >= 15 is 0 Å². The number of benzene rings is 1. The van der Waals surface area contributed by atoms with E-state index in [1.807, 2.05) is 17.7 Å². The molecule has 2 rings (SSSR count). The average Bonchev–Trinajstić information content (AvgIpc) is 2.95. The van der Waals surface area contributed by atoms with Crippen LogP contribution in [-0.4, -0.2) is 27.3 Å². The zero-order valence-electron chi connectivity index (χ0n) is 13.0. The number of nitrogens with one attached hydrogen (secondary N) is 1. The molecule has 1 aromatic heterocycles. The van der Waals surface area contributed by atoms with E-state index in [0.29, 0.717) is 0 Å². The Hall–Kier alpha value is -2.19. The predicted molar refractivity (Wildman–Crippen MR) is 90.2 cm³/mol. The lowest BCUT2D eigenvalue weighted by molar-refractivity contribution is -0.120. The number of amides is 1. The van der Waals surface area contributed by atoms with Gasteiger partial charge in [-0.2, -0.15) is 0 Å². The predicted octanol–water partition coefficient (Wildman–Crippen LogP) is 2.72. The number of carbonyl (C=O) groups excluding carboxylic acids is 1. The molecule has 1 N–H and O–H groups in total. The molecule has 1 heterocycles. The van der Waals surface area contributed by atoms with Gasteiger partial charge in [-0.15, -0.1) is 6.42 Å². The van der Waals surface area contributed by atoms with Gasteiger partial charge in [0.2, 0.25) is 5.91 Å². The fourth-order valence-corrected chi connectivity index (χ4v) is 2.93. The van der Waals surface area contributed by atoms with Crippen molar-refractivity contribution in [2.75, 3.05) is 6.54 Å². The van der Waals surface area contributed by atoms with Crippen LogP contribution in [0, 0.1) is 26.2 Å². The highest BCUT2D eigenvalue weighted by Crippen LogP contribution is 2.26. The van der Waals surface area contributed by atoms with Gasteiger partial charge < -0.3 is 5.32 Å². The summed E-state index contributed by atoms with van der Waals surface area (Å²) in [5.74, 6) is 2.32. The Kier molecular flexibility index (Phi) is 5.29. The molecule has 114 valence electrons. The Balaban J connectivity index is 2.21. The third kappa shape index (κ3) is 3.71. The second-order valence-corrected chi connectivity index (χ2v) is 6.36. The van der Waals surface area contributed by atoms with Gasteiger partial charge >= 0.3 is 0 Å². The molecule has 0 fully saturated rings. The number of thioether (sulfide) groups is 1. The van der Waals surface area contributed by atoms with Crippen molar-refractivity contribution >= 4 is 17.7 Å². The summed E-state index contributed by atoms with van der Waals surface area (Å²) < 4.78 is 2.01. The molecule has 1 aromatic carbocycles. The van der Waals surface area contributed by atoms with Gasteiger partial charge in [0, 0.05) is 12.4 Å². The molecule has 0 saturated carbocycles. The molecular weight excluding hydrogens is 294 g/mol. The molecule has 0 spiro atoms. The van der Waals surface area contributed by atoms with E-state index in [1.165, 1.54) is 17.3 Å². The number of carbonyl (C=O) groups is 1. The van der Waals surface area contributed by atoms with Crippen LogP contribution in [0.4, 0.5) is 0 Å². The Morgan fingerprint density at radius 2 is 2.27 bits per heavy atom. The van der Waals surface area contributed by atoms with Crippen molar-refractivity contribution in [3.05, 3.63) is 41.7 Å². The fraction of sp³-hybridized carbons (Fsp3) is 0.294. The Morgan fingerprint density at radius 3 is 3.00 bits per heavy atom. The molecular formula is C17H19N3OS. The summed E-state index contributed by atoms with van der Waals surface area (Å²) in [6.07, 6.45) is 8.81. The molecule has 0 aliphatic heterocycles. The first-order valence-corrected chi connectivity index (χ1v) is 7.89. The summed E-state index contributed by atoms with van der Waals surface area (Å²) >= 11 is 1.42. The molecule has 1 amide bonds. The van der Waals surface area contributed by atoms with E-state index in [-0.39, 0.29) is 17.7 Å². The first-order chi connectivity index (χ1) is 10.5. The van der Waals surface area contributed by atoms with Crippen molar-refractivity contribution < 1.29 is 4.79 Å². The van der Waals surface area contributed by atoms with Crippen LogP contribution in [0.5, 0.6) is 0 Å². The molecule has 1 unspecified atom stereocenters. The lowest BCUT2D eigenvalue weighted by Gasteiger charge is -2.14. The number of imidazole rings is 1. The minimum atomic E-state index is -0.264. The first kappa shape index (κ1) is 16.2. The van der Waals surface area contributed by atoms with Gasteiger partial charge in [-0.1, -0.05) is 29.8 Å². The first-order valence-electron chi connectivity index (χ1n) is 7.01. The van der Waals surface area contributed by atoms with E-state index in [4.69, 9.17) is 6.42 Å². The van der Waals surface area contributed by atoms with Crippen LogP contribution in [0.15, 0.2) is 35.7 Å². The van der Waals surface area contributed by atoms with Crippen LogP contribution in [0.3, 0.4) is 0 Å². The Labute approximate surface area is 135 Å². The van der Waals surface area contributed by atoms with Gasteiger partial charge in [-0.3, -0.25) is 9.36 Å². The molecule has 1 atom stereocenters. The third-order valence-electron chi connectivity index (χ3n) is 3.25. The van der Waals surface area contributed by atoms with Crippen LogP contribution in [0.1, 0.15) is 18.1 Å². The van der Waals surface area contributed by atoms with Gasteiger partial charge in [-0.25, -0.2) is 4.98 Å². The van der Waals surface area contributed by atoms with Crippen LogP contribution in [0.2, 0.25) is 0 Å². The summed E-state index contributed by atoms with van der Waals surface area (Å²) in [6.45, 7) is 6.21. The van der Waals surface area contributed by atoms with E-state index in [0.717, 1.165) is 16.4 Å². The highest BCUT2D eigenvalue weighted by molar-refractivity contribution is 8.00. The van der Waals surface area contributed by atoms with Crippen LogP contribution >= 0.6 is 11.8 Å². The van der Waals surface area contributed by atoms with E-state index in [1.54, 1.807) is 6.20 Å². The van der Waals surface area contributed by atoms with Crippen LogP contribution in [-0.2, 0) is 4.79 Å². The van der Waals surface area contributed by atoms with Gasteiger partial charge in [0.05, 0.1) is 17.5 Å². The minimum absolute atomic E-state index is 0.0848. The Bertz CT molecular complexity index is 715. The third-order valence-corrected chi connectivity index (χ3v) is 4.33. The van der Waals surface area contributed by atoms with Crippen molar-refractivity contribution in [1.29, 1.82) is 0 Å². The number of rotatable bonds is 5. The lowest BCUT2D eigenvalue weighted by atomic mass is 10.1. The Morgan fingerprint density at radius 1 is 1.50 bits per heavy atom. The highest BCUT2D eigenvalue weighted by atomic mass is 32.2. The quantitative estimate of drug-likeness (QED) is 0.682. The van der Waals surface area contributed by atoms with Crippen molar-refractivity contribution in [2.24, 2.45) is 0 Å². The lowest BCUT2D eigenvalue weighted by Crippen LogP contribution is -2.31. The number of aryl methyl sites for hydroxylation is 2. The highest BCUT2D eigenvalue weighted by Gasteiger charge is 2.17. The summed E-state index contributed by atoms with van der Waals surface area (Å²) in [6, 6.07) is 6.28. The SMILES string of the molecule is C#CCNC(=O)C(C)Sc1nccn1-c1cc(C)ccc1C.